The monoisotopic (exact) mass is 899 g/mol. The normalized spacial score (nSPS) is 19.4. The lowest BCUT2D eigenvalue weighted by Crippen LogP contribution is -2.59. The van der Waals surface area contributed by atoms with Crippen molar-refractivity contribution in [2.24, 2.45) is 0 Å². The third-order valence-electron chi connectivity index (χ3n) is 13.0. The first kappa shape index (κ1) is 59.7. The maximum atomic E-state index is 12.8. The number of aliphatic hydroxyl groups is 4. The summed E-state index contributed by atoms with van der Waals surface area (Å²) in [4.78, 5) is 25.5. The van der Waals surface area contributed by atoms with Gasteiger partial charge in [-0.15, -0.1) is 0 Å². The SMILES string of the molecule is CCCCCCCCCCCCCCCCCCCCCCCCC(=O)OC[C@@H](CO[C@H]1O[C@@H](CO)[C@@H](O)C(O)C1O)OC(=O)CCCCCCCCCCCCCCCCCC. The van der Waals surface area contributed by atoms with Crippen molar-refractivity contribution in [2.75, 3.05) is 19.8 Å². The van der Waals surface area contributed by atoms with Gasteiger partial charge in [0.2, 0.25) is 0 Å². The zero-order valence-electron chi connectivity index (χ0n) is 41.1. The van der Waals surface area contributed by atoms with E-state index in [0.29, 0.717) is 6.42 Å². The summed E-state index contributed by atoms with van der Waals surface area (Å²) in [5, 5.41) is 40.2. The Morgan fingerprint density at radius 3 is 1.08 bits per heavy atom. The second kappa shape index (κ2) is 44.5. The van der Waals surface area contributed by atoms with Crippen LogP contribution in [-0.4, -0.2) is 89.0 Å². The van der Waals surface area contributed by atoms with Crippen molar-refractivity contribution in [1.82, 2.24) is 0 Å². The van der Waals surface area contributed by atoms with Crippen molar-refractivity contribution in [3.8, 4) is 0 Å². The van der Waals surface area contributed by atoms with Gasteiger partial charge in [-0.05, 0) is 12.8 Å². The van der Waals surface area contributed by atoms with E-state index in [1.165, 1.54) is 199 Å². The molecule has 10 heteroatoms. The number of esters is 2. The van der Waals surface area contributed by atoms with E-state index in [2.05, 4.69) is 13.8 Å². The summed E-state index contributed by atoms with van der Waals surface area (Å²) >= 11 is 0. The Kier molecular flexibility index (Phi) is 42.2. The second-order valence-corrected chi connectivity index (χ2v) is 19.1. The molecule has 0 aromatic heterocycles. The van der Waals surface area contributed by atoms with Crippen LogP contribution in [0.3, 0.4) is 0 Å². The van der Waals surface area contributed by atoms with Crippen LogP contribution in [0.15, 0.2) is 0 Å². The van der Waals surface area contributed by atoms with Crippen molar-refractivity contribution >= 4 is 11.9 Å². The average molecular weight is 899 g/mol. The minimum absolute atomic E-state index is 0.208. The van der Waals surface area contributed by atoms with Crippen LogP contribution >= 0.6 is 0 Å². The van der Waals surface area contributed by atoms with Crippen LogP contribution in [0.2, 0.25) is 0 Å². The first-order valence-electron chi connectivity index (χ1n) is 27.1. The molecule has 63 heavy (non-hydrogen) atoms. The highest BCUT2D eigenvalue weighted by Crippen LogP contribution is 2.23. The van der Waals surface area contributed by atoms with Crippen molar-refractivity contribution in [1.29, 1.82) is 0 Å². The summed E-state index contributed by atoms with van der Waals surface area (Å²) in [5.74, 6) is -0.784. The van der Waals surface area contributed by atoms with Gasteiger partial charge in [-0.1, -0.05) is 245 Å². The Morgan fingerprint density at radius 2 is 0.746 bits per heavy atom. The lowest BCUT2D eigenvalue weighted by Gasteiger charge is -2.39. The average Bonchev–Trinajstić information content (AvgIpc) is 3.28. The second-order valence-electron chi connectivity index (χ2n) is 19.1. The van der Waals surface area contributed by atoms with Crippen molar-refractivity contribution in [3.63, 3.8) is 0 Å². The van der Waals surface area contributed by atoms with Crippen molar-refractivity contribution < 1.29 is 49.0 Å². The van der Waals surface area contributed by atoms with Gasteiger partial charge >= 0.3 is 11.9 Å². The van der Waals surface area contributed by atoms with Gasteiger partial charge < -0.3 is 39.4 Å². The molecule has 0 aromatic rings. The maximum Gasteiger partial charge on any atom is 0.306 e. The van der Waals surface area contributed by atoms with Crippen LogP contribution in [0.4, 0.5) is 0 Å². The molecule has 1 fully saturated rings. The summed E-state index contributed by atoms with van der Waals surface area (Å²) in [6, 6.07) is 0. The Hall–Kier alpha value is -1.30. The smallest absolute Gasteiger partial charge is 0.306 e. The molecule has 1 aliphatic rings. The first-order valence-corrected chi connectivity index (χ1v) is 27.1. The molecule has 6 atom stereocenters. The van der Waals surface area contributed by atoms with E-state index < -0.39 is 49.4 Å². The van der Waals surface area contributed by atoms with E-state index in [0.717, 1.165) is 38.5 Å². The molecule has 0 saturated carbocycles. The molecule has 1 saturated heterocycles. The maximum absolute atomic E-state index is 12.8. The van der Waals surface area contributed by atoms with E-state index in [4.69, 9.17) is 18.9 Å². The number of hydrogen-bond acceptors (Lipinski definition) is 10. The number of hydrogen-bond donors (Lipinski definition) is 4. The van der Waals surface area contributed by atoms with Gasteiger partial charge in [-0.25, -0.2) is 0 Å². The van der Waals surface area contributed by atoms with Gasteiger partial charge in [-0.3, -0.25) is 9.59 Å². The molecule has 0 amide bonds. The summed E-state index contributed by atoms with van der Waals surface area (Å²) in [6.45, 7) is 3.49. The highest BCUT2D eigenvalue weighted by atomic mass is 16.7. The summed E-state index contributed by atoms with van der Waals surface area (Å²) < 4.78 is 22.3. The summed E-state index contributed by atoms with van der Waals surface area (Å²) in [7, 11) is 0. The van der Waals surface area contributed by atoms with E-state index in [9.17, 15) is 30.0 Å². The number of aliphatic hydroxyl groups excluding tert-OH is 4. The molecule has 0 bridgehead atoms. The van der Waals surface area contributed by atoms with Gasteiger partial charge in [0.05, 0.1) is 13.2 Å². The number of carbonyl (C=O) groups is 2. The number of carbonyl (C=O) groups excluding carboxylic acids is 2. The lowest BCUT2D eigenvalue weighted by molar-refractivity contribution is -0.305. The summed E-state index contributed by atoms with van der Waals surface area (Å²) in [5.41, 5.74) is 0. The topological polar surface area (TPSA) is 152 Å². The largest absolute Gasteiger partial charge is 0.462 e. The molecule has 374 valence electrons. The fourth-order valence-corrected chi connectivity index (χ4v) is 8.72. The van der Waals surface area contributed by atoms with Gasteiger partial charge in [0, 0.05) is 12.8 Å². The van der Waals surface area contributed by atoms with Crippen LogP contribution in [0, 0.1) is 0 Å². The zero-order valence-corrected chi connectivity index (χ0v) is 41.1. The highest BCUT2D eigenvalue weighted by molar-refractivity contribution is 5.70. The predicted molar refractivity (Wildman–Crippen MR) is 257 cm³/mol. The van der Waals surface area contributed by atoms with Crippen molar-refractivity contribution in [3.05, 3.63) is 0 Å². The Morgan fingerprint density at radius 1 is 0.429 bits per heavy atom. The highest BCUT2D eigenvalue weighted by Gasteiger charge is 2.44. The van der Waals surface area contributed by atoms with Crippen LogP contribution in [0.5, 0.6) is 0 Å². The van der Waals surface area contributed by atoms with Crippen LogP contribution in [0.25, 0.3) is 0 Å². The Labute approximate surface area is 387 Å². The summed E-state index contributed by atoms with van der Waals surface area (Å²) in [6.07, 6.45) is 41.2. The molecule has 1 heterocycles. The van der Waals surface area contributed by atoms with E-state index >= 15 is 0 Å². The molecule has 1 aliphatic heterocycles. The minimum atomic E-state index is -1.59. The zero-order chi connectivity index (χ0) is 45.9. The Balaban J connectivity index is 2.20. The molecule has 1 rings (SSSR count). The van der Waals surface area contributed by atoms with Crippen LogP contribution in [0.1, 0.15) is 271 Å². The van der Waals surface area contributed by atoms with Gasteiger partial charge in [0.15, 0.2) is 12.4 Å². The molecule has 4 N–H and O–H groups in total. The third-order valence-corrected chi connectivity index (χ3v) is 13.0. The molecular weight excluding hydrogens is 797 g/mol. The van der Waals surface area contributed by atoms with Crippen LogP contribution in [-0.2, 0) is 28.5 Å². The molecule has 2 unspecified atom stereocenters. The van der Waals surface area contributed by atoms with Gasteiger partial charge in [0.25, 0.3) is 0 Å². The third kappa shape index (κ3) is 35.6. The standard InChI is InChI=1S/C53H102O10/c1-3-5-7-9-11-13-15-17-19-21-22-23-24-25-26-28-29-31-33-35-37-39-41-48(55)60-44-46(45-61-53-52(59)51(58)50(57)47(43-54)63-53)62-49(56)42-40-38-36-34-32-30-27-20-18-16-14-12-10-8-6-4-2/h46-47,50-54,57-59H,3-45H2,1-2H3/t46-,47-,50+,51?,52?,53-/m0/s1. The quantitative estimate of drug-likeness (QED) is 0.0343. The van der Waals surface area contributed by atoms with E-state index in [1.54, 1.807) is 0 Å². The molecule has 0 radical (unpaired) electrons. The Bertz CT molecular complexity index is 995. The number of unbranched alkanes of at least 4 members (excludes halogenated alkanes) is 36. The molecular formula is C53H102O10. The predicted octanol–water partition coefficient (Wildman–Crippen LogP) is 12.9. The molecule has 0 spiro atoms. The number of rotatable bonds is 47. The molecule has 10 nitrogen and oxygen atoms in total. The fraction of sp³-hybridized carbons (Fsp3) is 0.962. The minimum Gasteiger partial charge on any atom is -0.462 e. The molecule has 0 aromatic carbocycles. The number of ether oxygens (including phenoxy) is 4. The lowest BCUT2D eigenvalue weighted by atomic mass is 9.99. The molecule has 0 aliphatic carbocycles. The van der Waals surface area contributed by atoms with Crippen molar-refractivity contribution in [2.45, 2.75) is 307 Å². The van der Waals surface area contributed by atoms with Gasteiger partial charge in [0.1, 0.15) is 31.0 Å². The van der Waals surface area contributed by atoms with E-state index in [-0.39, 0.29) is 32.0 Å². The van der Waals surface area contributed by atoms with E-state index in [1.807, 2.05) is 0 Å². The fourth-order valence-electron chi connectivity index (χ4n) is 8.72. The van der Waals surface area contributed by atoms with Crippen LogP contribution < -0.4 is 0 Å². The van der Waals surface area contributed by atoms with Gasteiger partial charge in [-0.2, -0.15) is 0 Å². The first-order chi connectivity index (χ1) is 30.8.